The normalized spacial score (nSPS) is 11.6. The number of nitrogens with one attached hydrogen (secondary N) is 1. The third kappa shape index (κ3) is 4.75. The molecule has 3 aromatic rings. The third-order valence-corrected chi connectivity index (χ3v) is 5.27. The monoisotopic (exact) mass is 432 g/mol. The molecular weight excluding hydrogens is 419 g/mol. The van der Waals surface area contributed by atoms with E-state index < -0.39 is 31.1 Å². The number of hydrazine groups is 1. The van der Waals surface area contributed by atoms with E-state index in [9.17, 15) is 31.0 Å². The van der Waals surface area contributed by atoms with Crippen LogP contribution in [0.2, 0.25) is 0 Å². The summed E-state index contributed by atoms with van der Waals surface area (Å²) in [6.45, 7) is 0. The molecule has 0 fully saturated rings. The van der Waals surface area contributed by atoms with Crippen LogP contribution in [0, 0.1) is 0 Å². The minimum atomic E-state index is -4.89. The SMILES string of the molecule is O=S(=O)([O-])c1ccc(NN(c2c(O)ccc3ccccc23)S(=O)(=O)O)cc1.[Na+]. The van der Waals surface area contributed by atoms with Crippen LogP contribution >= 0.6 is 0 Å². The molecule has 3 rings (SSSR count). The van der Waals surface area contributed by atoms with E-state index >= 15 is 0 Å². The van der Waals surface area contributed by atoms with Crippen molar-refractivity contribution >= 4 is 42.6 Å². The number of fused-ring (bicyclic) bond motifs is 1. The second-order valence-electron chi connectivity index (χ2n) is 5.49. The average Bonchev–Trinajstić information content (AvgIpc) is 2.59. The molecule has 3 aromatic carbocycles. The Balaban J connectivity index is 0.00000280. The van der Waals surface area contributed by atoms with E-state index in [0.717, 1.165) is 24.3 Å². The Bertz CT molecular complexity index is 1210. The number of rotatable bonds is 5. The van der Waals surface area contributed by atoms with Gasteiger partial charge < -0.3 is 9.66 Å². The molecule has 9 nitrogen and oxygen atoms in total. The Labute approximate surface area is 183 Å². The van der Waals surface area contributed by atoms with Gasteiger partial charge in [0.25, 0.3) is 0 Å². The van der Waals surface area contributed by atoms with E-state index in [1.165, 1.54) is 6.07 Å². The van der Waals surface area contributed by atoms with Crippen molar-refractivity contribution in [2.24, 2.45) is 0 Å². The van der Waals surface area contributed by atoms with E-state index in [2.05, 4.69) is 5.43 Å². The summed E-state index contributed by atoms with van der Waals surface area (Å²) in [7, 11) is -9.55. The van der Waals surface area contributed by atoms with Gasteiger partial charge in [-0.1, -0.05) is 30.3 Å². The number of phenols is 1. The first-order valence-electron chi connectivity index (χ1n) is 7.38. The summed E-state index contributed by atoms with van der Waals surface area (Å²) in [4.78, 5) is -0.500. The van der Waals surface area contributed by atoms with Gasteiger partial charge in [-0.05, 0) is 35.7 Å². The summed E-state index contributed by atoms with van der Waals surface area (Å²) in [5.41, 5.74) is 2.21. The molecule has 0 radical (unpaired) electrons. The molecule has 0 atom stereocenters. The van der Waals surface area contributed by atoms with Crippen molar-refractivity contribution in [3.05, 3.63) is 60.7 Å². The molecule has 3 N–H and O–H groups in total. The van der Waals surface area contributed by atoms with Crippen molar-refractivity contribution in [1.82, 2.24) is 0 Å². The number of hydrogen-bond donors (Lipinski definition) is 3. The molecule has 0 saturated heterocycles. The minimum Gasteiger partial charge on any atom is -0.744 e. The molecule has 28 heavy (non-hydrogen) atoms. The van der Waals surface area contributed by atoms with Gasteiger partial charge in [-0.15, -0.1) is 0 Å². The van der Waals surface area contributed by atoms with Gasteiger partial charge in [-0.3, -0.25) is 9.98 Å². The van der Waals surface area contributed by atoms with Crippen LogP contribution in [0.5, 0.6) is 5.75 Å². The molecule has 0 saturated carbocycles. The van der Waals surface area contributed by atoms with Gasteiger partial charge >= 0.3 is 39.9 Å². The van der Waals surface area contributed by atoms with Crippen LogP contribution in [0.25, 0.3) is 10.8 Å². The van der Waals surface area contributed by atoms with Crippen molar-refractivity contribution in [3.8, 4) is 5.75 Å². The molecule has 0 aliphatic carbocycles. The Morgan fingerprint density at radius 1 is 0.893 bits per heavy atom. The second-order valence-corrected chi connectivity index (χ2v) is 8.13. The summed E-state index contributed by atoms with van der Waals surface area (Å²) in [6, 6.07) is 13.7. The summed E-state index contributed by atoms with van der Waals surface area (Å²) < 4.78 is 66.8. The molecule has 12 heteroatoms. The van der Waals surface area contributed by atoms with Gasteiger partial charge in [0.15, 0.2) is 0 Å². The number of phenolic OH excluding ortho intramolecular Hbond substituents is 1. The van der Waals surface area contributed by atoms with Gasteiger partial charge in [0.2, 0.25) is 0 Å². The first-order chi connectivity index (χ1) is 12.6. The summed E-state index contributed by atoms with van der Waals surface area (Å²) >= 11 is 0. The van der Waals surface area contributed by atoms with Crippen molar-refractivity contribution < 1.29 is 60.6 Å². The smallest absolute Gasteiger partial charge is 0.744 e. The standard InChI is InChI=1S/C16H14N2O7S2.Na/c19-15-10-5-11-3-1-2-4-14(11)16(15)18(27(23,24)25)17-12-6-8-13(9-7-12)26(20,21)22;/h1-10,17,19H,(H,20,21,22)(H,23,24,25);/q;+1/p-1. The maximum Gasteiger partial charge on any atom is 1.00 e. The van der Waals surface area contributed by atoms with Crippen LogP contribution < -0.4 is 39.4 Å². The summed E-state index contributed by atoms with van der Waals surface area (Å²) in [5.74, 6) is -0.419. The Morgan fingerprint density at radius 3 is 2.07 bits per heavy atom. The van der Waals surface area contributed by atoms with Gasteiger partial charge in [-0.2, -0.15) is 12.8 Å². The zero-order valence-electron chi connectivity index (χ0n) is 14.5. The van der Waals surface area contributed by atoms with Gasteiger partial charge in [0.1, 0.15) is 21.6 Å². The summed E-state index contributed by atoms with van der Waals surface area (Å²) in [5, 5.41) is 11.1. The molecule has 0 aromatic heterocycles. The largest absolute Gasteiger partial charge is 1.00 e. The molecule has 142 valence electrons. The van der Waals surface area contributed by atoms with Crippen molar-refractivity contribution in [2.45, 2.75) is 4.90 Å². The zero-order valence-corrected chi connectivity index (χ0v) is 18.1. The molecule has 0 bridgehead atoms. The van der Waals surface area contributed by atoms with Gasteiger partial charge in [0, 0.05) is 5.39 Å². The van der Waals surface area contributed by atoms with Gasteiger partial charge in [-0.25, -0.2) is 8.42 Å². The fourth-order valence-electron chi connectivity index (χ4n) is 2.50. The number of nitrogens with zero attached hydrogens (tertiary/aromatic N) is 1. The third-order valence-electron chi connectivity index (χ3n) is 3.69. The Hall–Kier alpha value is -1.86. The van der Waals surface area contributed by atoms with Crippen molar-refractivity contribution in [1.29, 1.82) is 0 Å². The predicted octanol–water partition coefficient (Wildman–Crippen LogP) is -0.910. The first kappa shape index (κ1) is 22.4. The van der Waals surface area contributed by atoms with E-state index in [1.54, 1.807) is 30.3 Å². The topological polar surface area (TPSA) is 147 Å². The minimum absolute atomic E-state index is 0. The summed E-state index contributed by atoms with van der Waals surface area (Å²) in [6.07, 6.45) is 0. The maximum atomic E-state index is 11.9. The fraction of sp³-hybridized carbons (Fsp3) is 0. The van der Waals surface area contributed by atoms with Crippen LogP contribution in [0.3, 0.4) is 0 Å². The van der Waals surface area contributed by atoms with Crippen LogP contribution in [0.4, 0.5) is 11.4 Å². The number of hydrogen-bond acceptors (Lipinski definition) is 7. The average molecular weight is 432 g/mol. The fourth-order valence-corrected chi connectivity index (χ4v) is 3.61. The molecular formula is C16H13N2NaO7S2. The molecule has 0 aliphatic heterocycles. The van der Waals surface area contributed by atoms with E-state index in [1.807, 2.05) is 0 Å². The second kappa shape index (κ2) is 8.25. The van der Waals surface area contributed by atoms with Gasteiger partial charge in [0.05, 0.1) is 10.6 Å². The van der Waals surface area contributed by atoms with Crippen LogP contribution in [0.1, 0.15) is 0 Å². The van der Waals surface area contributed by atoms with Crippen LogP contribution in [-0.4, -0.2) is 31.0 Å². The first-order valence-corrected chi connectivity index (χ1v) is 10.2. The number of anilines is 2. The molecule has 0 unspecified atom stereocenters. The molecule has 0 aliphatic rings. The Kier molecular flexibility index (Phi) is 6.61. The number of benzene rings is 3. The number of aromatic hydroxyl groups is 1. The van der Waals surface area contributed by atoms with E-state index in [0.29, 0.717) is 15.2 Å². The van der Waals surface area contributed by atoms with E-state index in [-0.39, 0.29) is 40.9 Å². The van der Waals surface area contributed by atoms with Crippen LogP contribution in [0.15, 0.2) is 65.6 Å². The molecule has 0 spiro atoms. The quantitative estimate of drug-likeness (QED) is 0.267. The predicted molar refractivity (Wildman–Crippen MR) is 97.7 cm³/mol. The maximum absolute atomic E-state index is 11.9. The van der Waals surface area contributed by atoms with Crippen molar-refractivity contribution in [3.63, 3.8) is 0 Å². The Morgan fingerprint density at radius 2 is 1.50 bits per heavy atom. The van der Waals surface area contributed by atoms with E-state index in [4.69, 9.17) is 0 Å². The molecule has 0 heterocycles. The van der Waals surface area contributed by atoms with Crippen LogP contribution in [-0.2, 0) is 20.4 Å². The van der Waals surface area contributed by atoms with Crippen molar-refractivity contribution in [2.75, 3.05) is 9.84 Å². The molecule has 0 amide bonds. The zero-order chi connectivity index (χ0) is 19.8.